The number of carboxylic acid groups (broad SMARTS) is 2. The minimum absolute atomic E-state index is 0.0603. The van der Waals surface area contributed by atoms with Crippen molar-refractivity contribution >= 4 is 65.3 Å². The van der Waals surface area contributed by atoms with Crippen LogP contribution >= 0.6 is 47.8 Å². The van der Waals surface area contributed by atoms with Crippen LogP contribution in [0.25, 0.3) is 5.57 Å². The summed E-state index contributed by atoms with van der Waals surface area (Å²) in [6, 6.07) is 3.45. The summed E-state index contributed by atoms with van der Waals surface area (Å²) < 4.78 is 2.31. The minimum Gasteiger partial charge on any atom is -0.478 e. The standard InChI is InChI=1S/C9H5Br3O2.C3H4O2/c1-4(9(13)14)5-2-3-6(10)8(12)7(5)11;1-2-3(4)5/h2-3H,1H2,(H,13,14);2H,1H2,(H,4,5). The fraction of sp³-hybridized carbons (Fsp3) is 0. The van der Waals surface area contributed by atoms with E-state index >= 15 is 0 Å². The Morgan fingerprint density at radius 3 is 1.95 bits per heavy atom. The number of hydrogen-bond donors (Lipinski definition) is 2. The zero-order valence-corrected chi connectivity index (χ0v) is 14.2. The number of halogens is 3. The lowest BCUT2D eigenvalue weighted by molar-refractivity contribution is -0.132. The highest BCUT2D eigenvalue weighted by Gasteiger charge is 2.14. The van der Waals surface area contributed by atoms with E-state index in [0.717, 1.165) is 15.0 Å². The molecule has 0 saturated heterocycles. The highest BCUT2D eigenvalue weighted by molar-refractivity contribution is 9.14. The van der Waals surface area contributed by atoms with Crippen molar-refractivity contribution in [3.63, 3.8) is 0 Å². The molecule has 2 N–H and O–H groups in total. The van der Waals surface area contributed by atoms with Crippen LogP contribution in [0.4, 0.5) is 0 Å². The second-order valence-corrected chi connectivity index (χ2v) is 5.49. The summed E-state index contributed by atoms with van der Waals surface area (Å²) in [5.74, 6) is -2.01. The van der Waals surface area contributed by atoms with Crippen LogP contribution in [-0.2, 0) is 9.59 Å². The van der Waals surface area contributed by atoms with Gasteiger partial charge in [-0.05, 0) is 53.9 Å². The van der Waals surface area contributed by atoms with Crippen LogP contribution < -0.4 is 0 Å². The van der Waals surface area contributed by atoms with Gasteiger partial charge in [-0.15, -0.1) is 0 Å². The van der Waals surface area contributed by atoms with Crippen molar-refractivity contribution in [1.29, 1.82) is 0 Å². The molecule has 0 aromatic heterocycles. The quantitative estimate of drug-likeness (QED) is 0.524. The Morgan fingerprint density at radius 2 is 1.58 bits per heavy atom. The van der Waals surface area contributed by atoms with E-state index in [0.29, 0.717) is 10.0 Å². The van der Waals surface area contributed by atoms with Crippen molar-refractivity contribution in [1.82, 2.24) is 0 Å². The number of aliphatic carboxylic acids is 2. The lowest BCUT2D eigenvalue weighted by Gasteiger charge is -2.07. The lowest BCUT2D eigenvalue weighted by Crippen LogP contribution is -1.99. The molecule has 0 fully saturated rings. The van der Waals surface area contributed by atoms with E-state index in [-0.39, 0.29) is 5.57 Å². The Labute approximate surface area is 135 Å². The maximum Gasteiger partial charge on any atom is 0.335 e. The minimum atomic E-state index is -1.03. The van der Waals surface area contributed by atoms with Crippen LogP contribution in [0, 0.1) is 0 Å². The molecule has 0 unspecified atom stereocenters. The fourth-order valence-corrected chi connectivity index (χ4v) is 2.40. The normalized spacial score (nSPS) is 9.00. The van der Waals surface area contributed by atoms with E-state index in [4.69, 9.17) is 10.2 Å². The smallest absolute Gasteiger partial charge is 0.335 e. The van der Waals surface area contributed by atoms with Gasteiger partial charge in [0.25, 0.3) is 0 Å². The van der Waals surface area contributed by atoms with Gasteiger partial charge in [0.2, 0.25) is 0 Å². The number of hydrogen-bond acceptors (Lipinski definition) is 2. The van der Waals surface area contributed by atoms with Gasteiger partial charge in [0.05, 0.1) is 5.57 Å². The van der Waals surface area contributed by atoms with Gasteiger partial charge >= 0.3 is 11.9 Å². The van der Waals surface area contributed by atoms with Gasteiger partial charge in [-0.25, -0.2) is 9.59 Å². The van der Waals surface area contributed by atoms with Crippen molar-refractivity contribution in [2.45, 2.75) is 0 Å². The summed E-state index contributed by atoms with van der Waals surface area (Å²) >= 11 is 9.93. The molecule has 0 aliphatic carbocycles. The molecule has 19 heavy (non-hydrogen) atoms. The van der Waals surface area contributed by atoms with Crippen LogP contribution in [0.3, 0.4) is 0 Å². The second-order valence-electron chi connectivity index (χ2n) is 3.05. The molecule has 0 aliphatic rings. The topological polar surface area (TPSA) is 74.6 Å². The number of rotatable bonds is 3. The van der Waals surface area contributed by atoms with E-state index in [1.165, 1.54) is 0 Å². The van der Waals surface area contributed by atoms with Gasteiger partial charge < -0.3 is 10.2 Å². The molecular formula is C12H9Br3O4. The van der Waals surface area contributed by atoms with Crippen molar-refractivity contribution in [2.24, 2.45) is 0 Å². The summed E-state index contributed by atoms with van der Waals surface area (Å²) in [5.41, 5.74) is 0.623. The average Bonchev–Trinajstić information content (AvgIpc) is 2.36. The third-order valence-electron chi connectivity index (χ3n) is 1.79. The maximum absolute atomic E-state index is 10.7. The lowest BCUT2D eigenvalue weighted by atomic mass is 10.1. The molecule has 1 aromatic carbocycles. The maximum atomic E-state index is 10.7. The third kappa shape index (κ3) is 5.71. The third-order valence-corrected chi connectivity index (χ3v) is 5.17. The summed E-state index contributed by atoms with van der Waals surface area (Å²) in [5, 5.41) is 16.4. The average molecular weight is 457 g/mol. The Kier molecular flexibility index (Phi) is 7.89. The van der Waals surface area contributed by atoms with Gasteiger partial charge in [-0.1, -0.05) is 19.2 Å². The van der Waals surface area contributed by atoms with Crippen molar-refractivity contribution in [3.8, 4) is 0 Å². The molecule has 0 heterocycles. The predicted octanol–water partition coefficient (Wildman–Crippen LogP) is 4.33. The van der Waals surface area contributed by atoms with Gasteiger partial charge in [0.15, 0.2) is 0 Å². The number of carbonyl (C=O) groups is 2. The first-order chi connectivity index (χ1) is 8.72. The molecule has 0 saturated carbocycles. The molecule has 7 heteroatoms. The highest BCUT2D eigenvalue weighted by Crippen LogP contribution is 2.36. The summed E-state index contributed by atoms with van der Waals surface area (Å²) in [6.07, 6.45) is 0.833. The molecule has 0 aliphatic heterocycles. The first-order valence-corrected chi connectivity index (χ1v) is 7.01. The van der Waals surface area contributed by atoms with E-state index in [2.05, 4.69) is 60.9 Å². The van der Waals surface area contributed by atoms with E-state index in [1.807, 2.05) is 0 Å². The number of carboxylic acids is 2. The molecule has 0 atom stereocenters. The van der Waals surface area contributed by atoms with Gasteiger partial charge in [-0.2, -0.15) is 0 Å². The molecule has 0 radical (unpaired) electrons. The summed E-state index contributed by atoms with van der Waals surface area (Å²) in [4.78, 5) is 20.0. The van der Waals surface area contributed by atoms with E-state index in [9.17, 15) is 9.59 Å². The van der Waals surface area contributed by atoms with Crippen LogP contribution in [0.2, 0.25) is 0 Å². The van der Waals surface area contributed by atoms with Gasteiger partial charge in [-0.3, -0.25) is 0 Å². The van der Waals surface area contributed by atoms with Crippen LogP contribution in [0.15, 0.2) is 44.8 Å². The fourth-order valence-electron chi connectivity index (χ4n) is 0.874. The second kappa shape index (κ2) is 8.29. The van der Waals surface area contributed by atoms with Crippen LogP contribution in [0.5, 0.6) is 0 Å². The van der Waals surface area contributed by atoms with Crippen molar-refractivity contribution < 1.29 is 19.8 Å². The Morgan fingerprint density at radius 1 is 1.11 bits per heavy atom. The van der Waals surface area contributed by atoms with Gasteiger partial charge in [0, 0.05) is 25.1 Å². The predicted molar refractivity (Wildman–Crippen MR) is 84.0 cm³/mol. The molecule has 1 aromatic rings. The molecule has 4 nitrogen and oxygen atoms in total. The Bertz CT molecular complexity index is 538. The van der Waals surface area contributed by atoms with Crippen LogP contribution in [-0.4, -0.2) is 22.2 Å². The van der Waals surface area contributed by atoms with E-state index in [1.54, 1.807) is 12.1 Å². The molecule has 1 rings (SSSR count). The highest BCUT2D eigenvalue weighted by atomic mass is 79.9. The molecule has 0 amide bonds. The molecule has 0 spiro atoms. The summed E-state index contributed by atoms with van der Waals surface area (Å²) in [7, 11) is 0. The first kappa shape index (κ1) is 18.1. The zero-order chi connectivity index (χ0) is 15.2. The first-order valence-electron chi connectivity index (χ1n) is 4.63. The molecule has 0 bridgehead atoms. The zero-order valence-electron chi connectivity index (χ0n) is 9.49. The molecular weight excluding hydrogens is 448 g/mol. The number of benzene rings is 1. The van der Waals surface area contributed by atoms with Crippen molar-refractivity contribution in [3.05, 3.63) is 50.3 Å². The summed E-state index contributed by atoms with van der Waals surface area (Å²) in [6.45, 7) is 6.45. The Balaban J connectivity index is 0.000000555. The van der Waals surface area contributed by atoms with Crippen molar-refractivity contribution in [2.75, 3.05) is 0 Å². The Hall–Kier alpha value is -0.920. The van der Waals surface area contributed by atoms with E-state index < -0.39 is 11.9 Å². The van der Waals surface area contributed by atoms with Crippen LogP contribution in [0.1, 0.15) is 5.56 Å². The van der Waals surface area contributed by atoms with Gasteiger partial charge in [0.1, 0.15) is 0 Å². The largest absolute Gasteiger partial charge is 0.478 e. The molecule has 102 valence electrons. The SMILES string of the molecule is C=C(C(=O)O)c1ccc(Br)c(Br)c1Br.C=CC(=O)O. The monoisotopic (exact) mass is 454 g/mol.